The van der Waals surface area contributed by atoms with Crippen LogP contribution < -0.4 is 0 Å². The van der Waals surface area contributed by atoms with Crippen molar-refractivity contribution in [1.29, 1.82) is 0 Å². The maximum absolute atomic E-state index is 12.1. The van der Waals surface area contributed by atoms with Gasteiger partial charge in [-0.2, -0.15) is 0 Å². The molecule has 0 N–H and O–H groups in total. The van der Waals surface area contributed by atoms with Crippen LogP contribution in [-0.2, 0) is 4.74 Å². The number of nitro groups is 1. The highest BCUT2D eigenvalue weighted by Crippen LogP contribution is 2.24. The molecule has 0 bridgehead atoms. The number of hydrogen-bond donors (Lipinski definition) is 0. The van der Waals surface area contributed by atoms with Crippen molar-refractivity contribution in [2.24, 2.45) is 0 Å². The van der Waals surface area contributed by atoms with Gasteiger partial charge < -0.3 is 4.74 Å². The molecule has 0 atom stereocenters. The molecule has 0 fully saturated rings. The van der Waals surface area contributed by atoms with E-state index in [1.807, 2.05) is 36.4 Å². The Kier molecular flexibility index (Phi) is 5.14. The zero-order chi connectivity index (χ0) is 17.7. The molecular weight excluding hydrogens is 306 g/mol. The van der Waals surface area contributed by atoms with Crippen LogP contribution in [0.3, 0.4) is 0 Å². The molecule has 0 aliphatic rings. The van der Waals surface area contributed by atoms with E-state index >= 15 is 0 Å². The Morgan fingerprint density at radius 1 is 1.04 bits per heavy atom. The summed E-state index contributed by atoms with van der Waals surface area (Å²) in [6.07, 6.45) is 3.62. The molecule has 0 amide bonds. The summed E-state index contributed by atoms with van der Waals surface area (Å²) in [7, 11) is 0. The summed E-state index contributed by atoms with van der Waals surface area (Å²) in [5.74, 6) is -0.701. The predicted molar refractivity (Wildman–Crippen MR) is 93.6 cm³/mol. The van der Waals surface area contributed by atoms with Crippen molar-refractivity contribution in [2.75, 3.05) is 0 Å². The predicted octanol–water partition coefficient (Wildman–Crippen LogP) is 4.72. The van der Waals surface area contributed by atoms with Gasteiger partial charge in [-0.1, -0.05) is 48.6 Å². The van der Waals surface area contributed by atoms with Crippen molar-refractivity contribution in [3.8, 4) is 0 Å². The Morgan fingerprint density at radius 3 is 2.25 bits per heavy atom. The molecule has 0 aliphatic carbocycles. The summed E-state index contributed by atoms with van der Waals surface area (Å²) < 4.78 is 5.22. The molecule has 0 saturated carbocycles. The van der Waals surface area contributed by atoms with E-state index in [0.29, 0.717) is 5.56 Å². The molecule has 5 heteroatoms. The zero-order valence-corrected chi connectivity index (χ0v) is 13.9. The van der Waals surface area contributed by atoms with Crippen LogP contribution in [0.4, 0.5) is 5.69 Å². The number of ether oxygens (including phenoxy) is 1. The minimum Gasteiger partial charge on any atom is -0.456 e. The Bertz CT molecular complexity index is 774. The number of rotatable bonds is 4. The second kappa shape index (κ2) is 7.08. The molecule has 0 aromatic heterocycles. The second-order valence-electron chi connectivity index (χ2n) is 6.28. The Hall–Kier alpha value is -2.95. The highest BCUT2D eigenvalue weighted by Gasteiger charge is 2.25. The van der Waals surface area contributed by atoms with Gasteiger partial charge in [-0.05, 0) is 38.0 Å². The lowest BCUT2D eigenvalue weighted by Crippen LogP contribution is -2.24. The first-order chi connectivity index (χ1) is 11.3. The van der Waals surface area contributed by atoms with E-state index in [0.717, 1.165) is 5.56 Å². The van der Waals surface area contributed by atoms with Gasteiger partial charge in [0.15, 0.2) is 0 Å². The summed E-state index contributed by atoms with van der Waals surface area (Å²) >= 11 is 0. The minimum atomic E-state index is -0.711. The Morgan fingerprint density at radius 2 is 1.67 bits per heavy atom. The minimum absolute atomic E-state index is 0.0493. The Balaban J connectivity index is 2.31. The number of carbonyl (C=O) groups is 1. The van der Waals surface area contributed by atoms with Crippen LogP contribution in [-0.4, -0.2) is 16.5 Å². The Labute approximate surface area is 140 Å². The SMILES string of the molecule is CC(C)(C)OC(=O)c1ccc(/C=C/c2ccccc2)cc1[N+](=O)[O-]. The second-order valence-corrected chi connectivity index (χ2v) is 6.28. The van der Waals surface area contributed by atoms with Gasteiger partial charge in [-0.3, -0.25) is 10.1 Å². The van der Waals surface area contributed by atoms with Gasteiger partial charge in [-0.15, -0.1) is 0 Å². The third kappa shape index (κ3) is 4.78. The molecule has 0 spiro atoms. The molecule has 2 rings (SSSR count). The molecule has 24 heavy (non-hydrogen) atoms. The lowest BCUT2D eigenvalue weighted by Gasteiger charge is -2.19. The monoisotopic (exact) mass is 325 g/mol. The third-order valence-electron chi connectivity index (χ3n) is 3.11. The summed E-state index contributed by atoms with van der Waals surface area (Å²) in [5, 5.41) is 11.3. The summed E-state index contributed by atoms with van der Waals surface area (Å²) in [6, 6.07) is 14.1. The van der Waals surface area contributed by atoms with E-state index in [9.17, 15) is 14.9 Å². The van der Waals surface area contributed by atoms with E-state index in [4.69, 9.17) is 4.74 Å². The standard InChI is InChI=1S/C19H19NO4/c1-19(2,3)24-18(21)16-12-11-15(13-17(16)20(22)23)10-9-14-7-5-4-6-8-14/h4-13H,1-3H3/b10-9+. The molecular formula is C19H19NO4. The van der Waals surface area contributed by atoms with Crippen LogP contribution in [0.1, 0.15) is 42.3 Å². The van der Waals surface area contributed by atoms with Crippen LogP contribution in [0.25, 0.3) is 12.2 Å². The average Bonchev–Trinajstić information content (AvgIpc) is 2.52. The van der Waals surface area contributed by atoms with E-state index in [1.165, 1.54) is 12.1 Å². The lowest BCUT2D eigenvalue weighted by molar-refractivity contribution is -0.385. The van der Waals surface area contributed by atoms with Crippen molar-refractivity contribution >= 4 is 23.8 Å². The largest absolute Gasteiger partial charge is 0.456 e. The zero-order valence-electron chi connectivity index (χ0n) is 13.9. The maximum Gasteiger partial charge on any atom is 0.345 e. The maximum atomic E-state index is 12.1. The number of esters is 1. The van der Waals surface area contributed by atoms with Crippen LogP contribution >= 0.6 is 0 Å². The van der Waals surface area contributed by atoms with Crippen LogP contribution in [0.5, 0.6) is 0 Å². The number of nitrogens with zero attached hydrogens (tertiary/aromatic N) is 1. The fourth-order valence-electron chi connectivity index (χ4n) is 2.07. The van der Waals surface area contributed by atoms with Gasteiger partial charge in [0, 0.05) is 6.07 Å². The molecule has 2 aromatic carbocycles. The highest BCUT2D eigenvalue weighted by atomic mass is 16.6. The first-order valence-corrected chi connectivity index (χ1v) is 7.51. The molecule has 0 heterocycles. The van der Waals surface area contributed by atoms with Crippen LogP contribution in [0.15, 0.2) is 48.5 Å². The van der Waals surface area contributed by atoms with E-state index in [1.54, 1.807) is 32.9 Å². The van der Waals surface area contributed by atoms with Gasteiger partial charge in [-0.25, -0.2) is 4.79 Å². The van der Waals surface area contributed by atoms with Crippen molar-refractivity contribution in [1.82, 2.24) is 0 Å². The molecule has 124 valence electrons. The van der Waals surface area contributed by atoms with Gasteiger partial charge in [0.1, 0.15) is 11.2 Å². The molecule has 0 unspecified atom stereocenters. The van der Waals surface area contributed by atoms with Crippen molar-refractivity contribution in [2.45, 2.75) is 26.4 Å². The summed E-state index contributed by atoms with van der Waals surface area (Å²) in [6.45, 7) is 5.15. The average molecular weight is 325 g/mol. The number of nitro benzene ring substituents is 1. The fraction of sp³-hybridized carbons (Fsp3) is 0.211. The van der Waals surface area contributed by atoms with Gasteiger partial charge in [0.05, 0.1) is 4.92 Å². The number of carbonyl (C=O) groups excluding carboxylic acids is 1. The first kappa shape index (κ1) is 17.4. The van der Waals surface area contributed by atoms with Crippen LogP contribution in [0, 0.1) is 10.1 Å². The molecule has 2 aromatic rings. The normalized spacial score (nSPS) is 11.5. The molecule has 0 radical (unpaired) electrons. The first-order valence-electron chi connectivity index (χ1n) is 7.51. The smallest absolute Gasteiger partial charge is 0.345 e. The quantitative estimate of drug-likeness (QED) is 0.353. The number of hydrogen-bond acceptors (Lipinski definition) is 4. The van der Waals surface area contributed by atoms with E-state index in [2.05, 4.69) is 0 Å². The number of benzene rings is 2. The van der Waals surface area contributed by atoms with Crippen molar-refractivity contribution < 1.29 is 14.5 Å². The topological polar surface area (TPSA) is 69.4 Å². The summed E-state index contributed by atoms with van der Waals surface area (Å²) in [5.41, 5.74) is 0.595. The van der Waals surface area contributed by atoms with Crippen molar-refractivity contribution in [3.05, 3.63) is 75.3 Å². The van der Waals surface area contributed by atoms with Gasteiger partial charge in [0.25, 0.3) is 5.69 Å². The van der Waals surface area contributed by atoms with Crippen molar-refractivity contribution in [3.63, 3.8) is 0 Å². The molecule has 0 saturated heterocycles. The molecule has 5 nitrogen and oxygen atoms in total. The van der Waals surface area contributed by atoms with E-state index < -0.39 is 16.5 Å². The van der Waals surface area contributed by atoms with Crippen LogP contribution in [0.2, 0.25) is 0 Å². The summed E-state index contributed by atoms with van der Waals surface area (Å²) in [4.78, 5) is 22.9. The molecule has 0 aliphatic heterocycles. The third-order valence-corrected chi connectivity index (χ3v) is 3.11. The van der Waals surface area contributed by atoms with Gasteiger partial charge in [0.2, 0.25) is 0 Å². The van der Waals surface area contributed by atoms with Gasteiger partial charge >= 0.3 is 5.97 Å². The highest BCUT2D eigenvalue weighted by molar-refractivity contribution is 5.94. The van der Waals surface area contributed by atoms with E-state index in [-0.39, 0.29) is 11.3 Å². The fourth-order valence-corrected chi connectivity index (χ4v) is 2.07. The lowest BCUT2D eigenvalue weighted by atomic mass is 10.1.